The third-order valence-corrected chi connectivity index (χ3v) is 7.65. The number of H-pyrrole nitrogens is 1. The number of hydrogen-bond acceptors (Lipinski definition) is 4. The molecule has 1 fully saturated rings. The number of fused-ring (bicyclic) bond motifs is 3. The van der Waals surface area contributed by atoms with Crippen molar-refractivity contribution in [3.63, 3.8) is 0 Å². The molecule has 3 aromatic rings. The maximum absolute atomic E-state index is 6.32. The Balaban J connectivity index is 0.00000104. The molecule has 2 aliphatic heterocycles. The van der Waals surface area contributed by atoms with Crippen LogP contribution in [0, 0.1) is 0 Å². The van der Waals surface area contributed by atoms with Gasteiger partial charge in [0.2, 0.25) is 0 Å². The van der Waals surface area contributed by atoms with Crippen molar-refractivity contribution in [2.24, 2.45) is 0 Å². The number of hydrogen-bond donors (Lipinski definition) is 1. The van der Waals surface area contributed by atoms with Crippen LogP contribution >= 0.6 is 0 Å². The quantitative estimate of drug-likeness (QED) is 0.370. The van der Waals surface area contributed by atoms with E-state index < -0.39 is 0 Å². The smallest absolute Gasteiger partial charge is 0.138 e. The van der Waals surface area contributed by atoms with Crippen LogP contribution in [0.5, 0.6) is 5.75 Å². The van der Waals surface area contributed by atoms with Gasteiger partial charge in [0, 0.05) is 43.6 Å². The Morgan fingerprint density at radius 1 is 1.19 bits per heavy atom. The summed E-state index contributed by atoms with van der Waals surface area (Å²) in [7, 11) is 0. The van der Waals surface area contributed by atoms with E-state index in [1.807, 2.05) is 20.0 Å². The van der Waals surface area contributed by atoms with Gasteiger partial charge in [-0.05, 0) is 62.6 Å². The van der Waals surface area contributed by atoms with Crippen molar-refractivity contribution in [3.05, 3.63) is 77.1 Å². The van der Waals surface area contributed by atoms with Gasteiger partial charge in [0.05, 0.1) is 17.6 Å². The van der Waals surface area contributed by atoms with Gasteiger partial charge in [-0.25, -0.2) is 0 Å². The van der Waals surface area contributed by atoms with Crippen molar-refractivity contribution < 1.29 is 6.16 Å². The van der Waals surface area contributed by atoms with Crippen LogP contribution < -0.4 is 4.74 Å². The van der Waals surface area contributed by atoms with Crippen molar-refractivity contribution in [1.82, 2.24) is 19.8 Å². The van der Waals surface area contributed by atoms with Crippen molar-refractivity contribution in [3.8, 4) is 5.75 Å². The van der Waals surface area contributed by atoms with E-state index in [4.69, 9.17) is 9.72 Å². The zero-order valence-electron chi connectivity index (χ0n) is 22.3. The fourth-order valence-corrected chi connectivity index (χ4v) is 5.84. The van der Waals surface area contributed by atoms with Gasteiger partial charge in [0.15, 0.2) is 0 Å². The number of aromatic amines is 1. The molecule has 0 radical (unpaired) electrons. The molecule has 3 aliphatic rings. The molecule has 4 heterocycles. The van der Waals surface area contributed by atoms with Crippen LogP contribution in [0.25, 0.3) is 10.9 Å². The highest BCUT2D eigenvalue weighted by molar-refractivity contribution is 5.85. The summed E-state index contributed by atoms with van der Waals surface area (Å²) >= 11 is 0. The van der Waals surface area contributed by atoms with Gasteiger partial charge in [-0.15, -0.1) is 5.73 Å². The van der Waals surface area contributed by atoms with E-state index in [0.29, 0.717) is 6.04 Å². The fraction of sp³-hybridized carbons (Fsp3) is 0.484. The van der Waals surface area contributed by atoms with Crippen molar-refractivity contribution in [2.75, 3.05) is 19.6 Å². The first-order valence-corrected chi connectivity index (χ1v) is 13.9. The van der Waals surface area contributed by atoms with Crippen LogP contribution in [0.15, 0.2) is 60.1 Å². The minimum absolute atomic E-state index is 0. The molecule has 36 heavy (non-hydrogen) atoms. The highest BCUT2D eigenvalue weighted by Gasteiger charge is 2.38. The normalized spacial score (nSPS) is 23.1. The molecule has 0 bridgehead atoms. The number of ether oxygens (including phenoxy) is 1. The molecule has 6 rings (SSSR count). The Bertz CT molecular complexity index is 1240. The number of pyridine rings is 1. The molecule has 192 valence electrons. The molecule has 0 unspecified atom stereocenters. The molecule has 0 saturated carbocycles. The van der Waals surface area contributed by atoms with Crippen molar-refractivity contribution in [1.29, 1.82) is 0 Å². The van der Waals surface area contributed by atoms with E-state index in [1.54, 1.807) is 0 Å². The lowest BCUT2D eigenvalue weighted by Crippen LogP contribution is -2.42. The summed E-state index contributed by atoms with van der Waals surface area (Å²) in [5, 5.41) is 1.33. The second-order valence-corrected chi connectivity index (χ2v) is 10.0. The number of rotatable bonds is 7. The van der Waals surface area contributed by atoms with E-state index in [-0.39, 0.29) is 13.6 Å². The second-order valence-electron chi connectivity index (χ2n) is 10.0. The van der Waals surface area contributed by atoms with Crippen LogP contribution in [0.2, 0.25) is 0 Å². The van der Waals surface area contributed by atoms with E-state index in [1.165, 1.54) is 47.2 Å². The predicted molar refractivity (Wildman–Crippen MR) is 149 cm³/mol. The van der Waals surface area contributed by atoms with Gasteiger partial charge in [-0.2, -0.15) is 0 Å². The summed E-state index contributed by atoms with van der Waals surface area (Å²) < 4.78 is 6.32. The van der Waals surface area contributed by atoms with Gasteiger partial charge in [-0.3, -0.25) is 9.88 Å². The molecule has 1 N–H and O–H groups in total. The highest BCUT2D eigenvalue weighted by atomic mass is 16.5. The summed E-state index contributed by atoms with van der Waals surface area (Å²) in [6.45, 7) is 11.9. The second kappa shape index (κ2) is 10.9. The monoisotopic (exact) mass is 486 g/mol. The first-order valence-electron chi connectivity index (χ1n) is 13.9. The van der Waals surface area contributed by atoms with Gasteiger partial charge in [0.25, 0.3) is 0 Å². The van der Waals surface area contributed by atoms with E-state index >= 15 is 0 Å². The SMILES string of the molecule is CC.CCCCN1CC[C@H](Oc2ccc([C@@H]3c4[nH]c5ccccc5c4C[C@@H](C)N3C3=C=CC3)nc2)C1.[HH]. The number of likely N-dealkylation sites (tertiary alicyclic amines) is 1. The highest BCUT2D eigenvalue weighted by Crippen LogP contribution is 2.43. The Morgan fingerprint density at radius 3 is 2.75 bits per heavy atom. The van der Waals surface area contributed by atoms with Crippen LogP contribution in [0.4, 0.5) is 0 Å². The van der Waals surface area contributed by atoms with Crippen LogP contribution in [0.3, 0.4) is 0 Å². The molecule has 0 amide bonds. The lowest BCUT2D eigenvalue weighted by molar-refractivity contribution is 0.189. The molecular formula is C31H42N4O. The predicted octanol–water partition coefficient (Wildman–Crippen LogP) is 6.87. The molecule has 0 spiro atoms. The standard InChI is InChI=1S/C29H34N4O.C2H6.H2/c1-3-4-15-32-16-14-23(19-32)34-22-12-13-27(30-18-22)29-28-25(24-10-5-6-11-26(24)31-28)17-20(2)33(29)21-8-7-9-21;1-2;/h5-7,10-13,18,20,23,29,31H,3-4,8,14-17,19H2,1-2H3;1-2H3;1H/t20-,23+,29-;;/m1../s1. The first-order chi connectivity index (χ1) is 17.7. The van der Waals surface area contributed by atoms with Crippen molar-refractivity contribution in [2.45, 2.75) is 78.0 Å². The Labute approximate surface area is 217 Å². The number of aromatic nitrogens is 2. The lowest BCUT2D eigenvalue weighted by Gasteiger charge is -2.43. The molecule has 5 heteroatoms. The number of nitrogens with zero attached hydrogens (tertiary/aromatic N) is 3. The van der Waals surface area contributed by atoms with Crippen LogP contribution in [-0.4, -0.2) is 51.5 Å². The number of nitrogens with one attached hydrogen (secondary N) is 1. The molecule has 1 aromatic carbocycles. The van der Waals surface area contributed by atoms with Gasteiger partial charge in [-0.1, -0.05) is 45.4 Å². The third-order valence-electron chi connectivity index (χ3n) is 7.65. The molecular weight excluding hydrogens is 444 g/mol. The maximum Gasteiger partial charge on any atom is 0.138 e. The van der Waals surface area contributed by atoms with E-state index in [0.717, 1.165) is 43.8 Å². The lowest BCUT2D eigenvalue weighted by atomic mass is 9.89. The minimum Gasteiger partial charge on any atom is -0.487 e. The zero-order chi connectivity index (χ0) is 25.1. The number of para-hydroxylation sites is 1. The Hall–Kier alpha value is -3.01. The summed E-state index contributed by atoms with van der Waals surface area (Å²) in [5.74, 6) is 0.876. The fourth-order valence-electron chi connectivity index (χ4n) is 5.84. The summed E-state index contributed by atoms with van der Waals surface area (Å²) in [6, 6.07) is 13.4. The molecule has 2 aromatic heterocycles. The zero-order valence-corrected chi connectivity index (χ0v) is 22.3. The molecule has 1 saturated heterocycles. The average molecular weight is 487 g/mol. The molecule has 1 aliphatic carbocycles. The summed E-state index contributed by atoms with van der Waals surface area (Å²) in [6.07, 6.45) is 9.92. The largest absolute Gasteiger partial charge is 0.487 e. The third kappa shape index (κ3) is 4.70. The van der Waals surface area contributed by atoms with Gasteiger partial charge in [0.1, 0.15) is 17.9 Å². The minimum atomic E-state index is 0. The Morgan fingerprint density at radius 2 is 2.03 bits per heavy atom. The van der Waals surface area contributed by atoms with Crippen LogP contribution in [0.1, 0.15) is 77.8 Å². The topological polar surface area (TPSA) is 44.4 Å². The number of benzene rings is 1. The maximum atomic E-state index is 6.32. The molecule has 3 atom stereocenters. The van der Waals surface area contributed by atoms with Crippen molar-refractivity contribution >= 4 is 10.9 Å². The van der Waals surface area contributed by atoms with E-state index in [2.05, 4.69) is 76.8 Å². The van der Waals surface area contributed by atoms with Gasteiger partial charge < -0.3 is 14.6 Å². The Kier molecular flexibility index (Phi) is 7.50. The average Bonchev–Trinajstić information content (AvgIpc) is 3.48. The number of unbranched alkanes of at least 4 members (excludes halogenated alkanes) is 1. The first kappa shape index (κ1) is 24.7. The molecule has 5 nitrogen and oxygen atoms in total. The van der Waals surface area contributed by atoms with Crippen LogP contribution in [-0.2, 0) is 6.42 Å². The van der Waals surface area contributed by atoms with E-state index in [9.17, 15) is 0 Å². The van der Waals surface area contributed by atoms with Gasteiger partial charge >= 0.3 is 0 Å². The summed E-state index contributed by atoms with van der Waals surface area (Å²) in [5.41, 5.74) is 9.67. The summed E-state index contributed by atoms with van der Waals surface area (Å²) in [4.78, 5) is 13.7.